The SMILES string of the molecule is CCOC(CN(c1ccccc1)c1ccccc1)OCC. The Balaban J connectivity index is 2.24. The molecule has 0 bridgehead atoms. The minimum Gasteiger partial charge on any atom is -0.351 e. The summed E-state index contributed by atoms with van der Waals surface area (Å²) in [5.74, 6) is 0. The lowest BCUT2D eigenvalue weighted by Gasteiger charge is -2.29. The van der Waals surface area contributed by atoms with Crippen molar-refractivity contribution < 1.29 is 9.47 Å². The third-order valence-corrected chi connectivity index (χ3v) is 3.17. The molecule has 0 saturated carbocycles. The zero-order valence-corrected chi connectivity index (χ0v) is 12.7. The fourth-order valence-electron chi connectivity index (χ4n) is 2.25. The van der Waals surface area contributed by atoms with Gasteiger partial charge in [0.05, 0.1) is 6.54 Å². The fourth-order valence-corrected chi connectivity index (χ4v) is 2.25. The Kier molecular flexibility index (Phi) is 6.25. The van der Waals surface area contributed by atoms with Crippen LogP contribution >= 0.6 is 0 Å². The molecule has 0 unspecified atom stereocenters. The lowest BCUT2D eigenvalue weighted by Crippen LogP contribution is -2.33. The van der Waals surface area contributed by atoms with Gasteiger partial charge in [0.15, 0.2) is 6.29 Å². The van der Waals surface area contributed by atoms with Gasteiger partial charge in [0.1, 0.15) is 0 Å². The zero-order chi connectivity index (χ0) is 14.9. The summed E-state index contributed by atoms with van der Waals surface area (Å²) in [6.45, 7) is 5.92. The van der Waals surface area contributed by atoms with E-state index in [0.29, 0.717) is 19.8 Å². The maximum absolute atomic E-state index is 5.69. The zero-order valence-electron chi connectivity index (χ0n) is 12.7. The minimum absolute atomic E-state index is 0.236. The lowest BCUT2D eigenvalue weighted by molar-refractivity contribution is -0.128. The molecule has 0 heterocycles. The molecule has 0 atom stereocenters. The van der Waals surface area contributed by atoms with E-state index in [-0.39, 0.29) is 6.29 Å². The smallest absolute Gasteiger partial charge is 0.175 e. The predicted molar refractivity (Wildman–Crippen MR) is 86.9 cm³/mol. The van der Waals surface area contributed by atoms with E-state index in [4.69, 9.17) is 9.47 Å². The van der Waals surface area contributed by atoms with E-state index in [1.54, 1.807) is 0 Å². The number of para-hydroxylation sites is 2. The van der Waals surface area contributed by atoms with Crippen LogP contribution in [-0.4, -0.2) is 26.0 Å². The van der Waals surface area contributed by atoms with Gasteiger partial charge < -0.3 is 14.4 Å². The third-order valence-electron chi connectivity index (χ3n) is 3.17. The molecule has 0 aliphatic rings. The molecule has 0 aromatic heterocycles. The van der Waals surface area contributed by atoms with Crippen LogP contribution in [0.25, 0.3) is 0 Å². The molecular formula is C18H23NO2. The van der Waals surface area contributed by atoms with Crippen LogP contribution < -0.4 is 4.90 Å². The molecule has 0 aliphatic heterocycles. The monoisotopic (exact) mass is 285 g/mol. The first-order chi connectivity index (χ1) is 10.3. The van der Waals surface area contributed by atoms with E-state index in [0.717, 1.165) is 11.4 Å². The predicted octanol–water partition coefficient (Wildman–Crippen LogP) is 4.22. The Morgan fingerprint density at radius 1 is 0.762 bits per heavy atom. The number of ether oxygens (including phenoxy) is 2. The van der Waals surface area contributed by atoms with E-state index in [2.05, 4.69) is 29.2 Å². The highest BCUT2D eigenvalue weighted by Gasteiger charge is 2.16. The topological polar surface area (TPSA) is 21.7 Å². The summed E-state index contributed by atoms with van der Waals surface area (Å²) < 4.78 is 11.4. The highest BCUT2D eigenvalue weighted by molar-refractivity contribution is 5.62. The molecule has 0 spiro atoms. The van der Waals surface area contributed by atoms with Gasteiger partial charge in [0, 0.05) is 24.6 Å². The van der Waals surface area contributed by atoms with Gasteiger partial charge in [-0.15, -0.1) is 0 Å². The third kappa shape index (κ3) is 4.59. The van der Waals surface area contributed by atoms with Crippen molar-refractivity contribution in [2.24, 2.45) is 0 Å². The van der Waals surface area contributed by atoms with E-state index in [1.165, 1.54) is 0 Å². The van der Waals surface area contributed by atoms with Crippen molar-refractivity contribution in [3.63, 3.8) is 0 Å². The van der Waals surface area contributed by atoms with Crippen molar-refractivity contribution in [2.75, 3.05) is 24.7 Å². The summed E-state index contributed by atoms with van der Waals surface area (Å²) in [6, 6.07) is 20.6. The number of hydrogen-bond donors (Lipinski definition) is 0. The standard InChI is InChI=1S/C18H23NO2/c1-3-20-18(21-4-2)15-19(16-11-7-5-8-12-16)17-13-9-6-10-14-17/h5-14,18H,3-4,15H2,1-2H3. The Bertz CT molecular complexity index is 456. The summed E-state index contributed by atoms with van der Waals surface area (Å²) >= 11 is 0. The maximum Gasteiger partial charge on any atom is 0.175 e. The molecule has 2 rings (SSSR count). The molecule has 112 valence electrons. The molecule has 3 nitrogen and oxygen atoms in total. The Labute approximate surface area is 127 Å². The minimum atomic E-state index is -0.236. The van der Waals surface area contributed by atoms with Gasteiger partial charge in [-0.25, -0.2) is 0 Å². The number of rotatable bonds is 8. The second-order valence-corrected chi connectivity index (χ2v) is 4.62. The first kappa shape index (κ1) is 15.5. The average molecular weight is 285 g/mol. The maximum atomic E-state index is 5.69. The van der Waals surface area contributed by atoms with Crippen LogP contribution in [0.3, 0.4) is 0 Å². The van der Waals surface area contributed by atoms with E-state index >= 15 is 0 Å². The molecule has 0 radical (unpaired) electrons. The summed E-state index contributed by atoms with van der Waals surface area (Å²) in [7, 11) is 0. The Hall–Kier alpha value is -1.84. The summed E-state index contributed by atoms with van der Waals surface area (Å²) in [6.07, 6.45) is -0.236. The number of anilines is 2. The molecule has 2 aromatic rings. The second-order valence-electron chi connectivity index (χ2n) is 4.62. The normalized spacial score (nSPS) is 10.8. The van der Waals surface area contributed by atoms with Crippen molar-refractivity contribution in [1.29, 1.82) is 0 Å². The van der Waals surface area contributed by atoms with Crippen LogP contribution in [0.15, 0.2) is 60.7 Å². The van der Waals surface area contributed by atoms with Gasteiger partial charge in [-0.3, -0.25) is 0 Å². The van der Waals surface area contributed by atoms with Crippen molar-refractivity contribution in [3.05, 3.63) is 60.7 Å². The van der Waals surface area contributed by atoms with Gasteiger partial charge in [0.25, 0.3) is 0 Å². The molecule has 2 aromatic carbocycles. The number of benzene rings is 2. The largest absolute Gasteiger partial charge is 0.351 e. The number of hydrogen-bond acceptors (Lipinski definition) is 3. The van der Waals surface area contributed by atoms with Gasteiger partial charge in [0.2, 0.25) is 0 Å². The van der Waals surface area contributed by atoms with E-state index in [9.17, 15) is 0 Å². The molecule has 0 fully saturated rings. The van der Waals surface area contributed by atoms with Gasteiger partial charge in [-0.2, -0.15) is 0 Å². The van der Waals surface area contributed by atoms with Crippen LogP contribution in [0.1, 0.15) is 13.8 Å². The summed E-state index contributed by atoms with van der Waals surface area (Å²) in [5, 5.41) is 0. The molecule has 21 heavy (non-hydrogen) atoms. The van der Waals surface area contributed by atoms with E-state index in [1.807, 2.05) is 50.2 Å². The fraction of sp³-hybridized carbons (Fsp3) is 0.333. The molecular weight excluding hydrogens is 262 g/mol. The van der Waals surface area contributed by atoms with Crippen LogP contribution in [0, 0.1) is 0 Å². The van der Waals surface area contributed by atoms with E-state index < -0.39 is 0 Å². The van der Waals surface area contributed by atoms with Crippen molar-refractivity contribution in [1.82, 2.24) is 0 Å². The quantitative estimate of drug-likeness (QED) is 0.678. The molecule has 0 N–H and O–H groups in total. The van der Waals surface area contributed by atoms with Crippen molar-refractivity contribution >= 4 is 11.4 Å². The van der Waals surface area contributed by atoms with Gasteiger partial charge in [-0.05, 0) is 38.1 Å². The molecule has 0 saturated heterocycles. The van der Waals surface area contributed by atoms with Gasteiger partial charge >= 0.3 is 0 Å². The van der Waals surface area contributed by atoms with Crippen LogP contribution in [0.5, 0.6) is 0 Å². The molecule has 0 amide bonds. The highest BCUT2D eigenvalue weighted by Crippen LogP contribution is 2.25. The lowest BCUT2D eigenvalue weighted by atomic mass is 10.2. The van der Waals surface area contributed by atoms with Gasteiger partial charge in [-0.1, -0.05) is 36.4 Å². The molecule has 3 heteroatoms. The second kappa shape index (κ2) is 8.45. The van der Waals surface area contributed by atoms with Crippen LogP contribution in [0.2, 0.25) is 0 Å². The Morgan fingerprint density at radius 2 is 1.19 bits per heavy atom. The molecule has 0 aliphatic carbocycles. The van der Waals surface area contributed by atoms with Crippen LogP contribution in [0.4, 0.5) is 11.4 Å². The highest BCUT2D eigenvalue weighted by atomic mass is 16.7. The number of nitrogens with zero attached hydrogens (tertiary/aromatic N) is 1. The summed E-state index contributed by atoms with van der Waals surface area (Å²) in [4.78, 5) is 2.22. The first-order valence-corrected chi connectivity index (χ1v) is 7.46. The Morgan fingerprint density at radius 3 is 1.57 bits per heavy atom. The first-order valence-electron chi connectivity index (χ1n) is 7.46. The summed E-state index contributed by atoms with van der Waals surface area (Å²) in [5.41, 5.74) is 2.27. The van der Waals surface area contributed by atoms with Crippen LogP contribution in [-0.2, 0) is 9.47 Å². The van der Waals surface area contributed by atoms with Crippen molar-refractivity contribution in [2.45, 2.75) is 20.1 Å². The average Bonchev–Trinajstić information content (AvgIpc) is 2.54. The van der Waals surface area contributed by atoms with Crippen molar-refractivity contribution in [3.8, 4) is 0 Å².